The second-order valence-electron chi connectivity index (χ2n) is 6.36. The van der Waals surface area contributed by atoms with E-state index in [0.717, 1.165) is 30.2 Å². The summed E-state index contributed by atoms with van der Waals surface area (Å²) < 4.78 is 11.3. The molecule has 7 nitrogen and oxygen atoms in total. The number of furan rings is 1. The molecule has 2 aromatic rings. The zero-order valence-electron chi connectivity index (χ0n) is 15.7. The van der Waals surface area contributed by atoms with E-state index in [9.17, 15) is 4.79 Å². The third-order valence-electron chi connectivity index (χ3n) is 4.51. The summed E-state index contributed by atoms with van der Waals surface area (Å²) in [6, 6.07) is 11.1. The van der Waals surface area contributed by atoms with Crippen LogP contribution in [0.2, 0.25) is 0 Å². The molecule has 1 aliphatic heterocycles. The maximum Gasteiger partial charge on any atom is 0.251 e. The minimum atomic E-state index is -0.119. The molecule has 1 amide bonds. The van der Waals surface area contributed by atoms with Gasteiger partial charge < -0.3 is 19.3 Å². The molecule has 1 N–H and O–H groups in total. The predicted octanol–water partition coefficient (Wildman–Crippen LogP) is 2.37. The molecular weight excluding hydrogens is 346 g/mol. The van der Waals surface area contributed by atoms with Gasteiger partial charge in [0.25, 0.3) is 5.91 Å². The molecule has 1 unspecified atom stereocenters. The Morgan fingerprint density at radius 1 is 1.26 bits per heavy atom. The van der Waals surface area contributed by atoms with Gasteiger partial charge in [-0.15, -0.1) is 0 Å². The molecule has 144 valence electrons. The molecule has 0 spiro atoms. The number of aryl methyl sites for hydroxylation is 1. The highest BCUT2D eigenvalue weighted by atomic mass is 16.6. The van der Waals surface area contributed by atoms with Crippen molar-refractivity contribution >= 4 is 12.1 Å². The van der Waals surface area contributed by atoms with Gasteiger partial charge in [-0.05, 0) is 36.8 Å². The number of nitrogens with one attached hydrogen (secondary N) is 1. The van der Waals surface area contributed by atoms with Gasteiger partial charge in [-0.25, -0.2) is 0 Å². The van der Waals surface area contributed by atoms with Crippen molar-refractivity contribution in [3.63, 3.8) is 0 Å². The summed E-state index contributed by atoms with van der Waals surface area (Å²) in [6.07, 6.45) is 1.59. The van der Waals surface area contributed by atoms with E-state index in [4.69, 9.17) is 9.15 Å². The van der Waals surface area contributed by atoms with Crippen LogP contribution in [0.3, 0.4) is 0 Å². The number of amides is 1. The number of carbonyl (C=O) groups is 1. The van der Waals surface area contributed by atoms with E-state index in [0.29, 0.717) is 25.3 Å². The summed E-state index contributed by atoms with van der Waals surface area (Å²) in [7, 11) is 1.49. The summed E-state index contributed by atoms with van der Waals surface area (Å²) in [5.41, 5.74) is 1.46. The minimum absolute atomic E-state index is 0.0142. The average Bonchev–Trinajstić information content (AvgIpc) is 3.13. The topological polar surface area (TPSA) is 76.3 Å². The third kappa shape index (κ3) is 5.18. The quantitative estimate of drug-likeness (QED) is 0.597. The molecule has 7 heteroatoms. The average molecular weight is 371 g/mol. The highest BCUT2D eigenvalue weighted by molar-refractivity contribution is 5.95. The lowest BCUT2D eigenvalue weighted by atomic mass is 10.1. The Labute approximate surface area is 158 Å². The van der Waals surface area contributed by atoms with Crippen molar-refractivity contribution in [2.75, 3.05) is 40.0 Å². The highest BCUT2D eigenvalue weighted by Gasteiger charge is 2.25. The summed E-state index contributed by atoms with van der Waals surface area (Å²) >= 11 is 0. The molecule has 0 bridgehead atoms. The zero-order valence-corrected chi connectivity index (χ0v) is 15.7. The number of rotatable bonds is 7. The van der Waals surface area contributed by atoms with Crippen LogP contribution in [0.1, 0.15) is 33.5 Å². The molecule has 0 radical (unpaired) electrons. The fourth-order valence-corrected chi connectivity index (χ4v) is 3.06. The normalized spacial score (nSPS) is 16.4. The number of hydrogen-bond acceptors (Lipinski definition) is 6. The van der Waals surface area contributed by atoms with Crippen LogP contribution in [0.15, 0.2) is 46.0 Å². The molecule has 1 aromatic carbocycles. The van der Waals surface area contributed by atoms with Gasteiger partial charge in [-0.1, -0.05) is 17.3 Å². The van der Waals surface area contributed by atoms with E-state index in [2.05, 4.69) is 20.2 Å². The number of ether oxygens (including phenoxy) is 1. The van der Waals surface area contributed by atoms with Crippen LogP contribution in [0, 0.1) is 6.92 Å². The molecule has 27 heavy (non-hydrogen) atoms. The highest BCUT2D eigenvalue weighted by Crippen LogP contribution is 2.23. The third-order valence-corrected chi connectivity index (χ3v) is 4.51. The predicted molar refractivity (Wildman–Crippen MR) is 102 cm³/mol. The van der Waals surface area contributed by atoms with Gasteiger partial charge in [0.1, 0.15) is 18.6 Å². The Balaban J connectivity index is 1.65. The van der Waals surface area contributed by atoms with Gasteiger partial charge in [0.2, 0.25) is 0 Å². The van der Waals surface area contributed by atoms with Crippen LogP contribution in [-0.2, 0) is 9.57 Å². The standard InChI is InChI=1S/C20H25N3O4/c1-15-3-8-19(27-15)18(23-9-11-26-12-10-23)14-21-20(24)17-6-4-16(5-7-17)13-22-25-2/h3-8,13,18H,9-12,14H2,1-2H3,(H,21,24)/b22-13+. The van der Waals surface area contributed by atoms with Crippen LogP contribution >= 0.6 is 0 Å². The molecular formula is C20H25N3O4. The van der Waals surface area contributed by atoms with Crippen molar-refractivity contribution in [3.8, 4) is 0 Å². The number of oxime groups is 1. The fourth-order valence-electron chi connectivity index (χ4n) is 3.06. The molecule has 0 saturated carbocycles. The largest absolute Gasteiger partial charge is 0.465 e. The van der Waals surface area contributed by atoms with Crippen molar-refractivity contribution in [1.82, 2.24) is 10.2 Å². The molecule has 1 fully saturated rings. The van der Waals surface area contributed by atoms with Gasteiger partial charge in [0, 0.05) is 25.2 Å². The van der Waals surface area contributed by atoms with Crippen LogP contribution in [-0.4, -0.2) is 57.0 Å². The second kappa shape index (κ2) is 9.34. The first kappa shape index (κ1) is 19.1. The van der Waals surface area contributed by atoms with Crippen LogP contribution in [0.25, 0.3) is 0 Å². The molecule has 3 rings (SSSR count). The fraction of sp³-hybridized carbons (Fsp3) is 0.400. The van der Waals surface area contributed by atoms with E-state index in [1.165, 1.54) is 7.11 Å². The number of carbonyl (C=O) groups excluding carboxylic acids is 1. The number of hydrogen-bond donors (Lipinski definition) is 1. The summed E-state index contributed by atoms with van der Waals surface area (Å²) in [6.45, 7) is 5.40. The Morgan fingerprint density at radius 2 is 2.00 bits per heavy atom. The Morgan fingerprint density at radius 3 is 2.63 bits per heavy atom. The number of benzene rings is 1. The van der Waals surface area contributed by atoms with Gasteiger partial charge >= 0.3 is 0 Å². The van der Waals surface area contributed by atoms with E-state index in [1.807, 2.05) is 31.2 Å². The summed E-state index contributed by atoms with van der Waals surface area (Å²) in [4.78, 5) is 19.5. The zero-order chi connectivity index (χ0) is 19.1. The van der Waals surface area contributed by atoms with Crippen molar-refractivity contribution in [2.45, 2.75) is 13.0 Å². The SMILES string of the molecule is CO/N=C/c1ccc(C(=O)NCC(c2ccc(C)o2)N2CCOCC2)cc1. The molecule has 1 atom stereocenters. The van der Waals surface area contributed by atoms with Crippen molar-refractivity contribution < 1.29 is 18.8 Å². The summed E-state index contributed by atoms with van der Waals surface area (Å²) in [5.74, 6) is 1.61. The first-order valence-corrected chi connectivity index (χ1v) is 9.00. The van der Waals surface area contributed by atoms with E-state index < -0.39 is 0 Å². The lowest BCUT2D eigenvalue weighted by molar-refractivity contribution is 0.0117. The minimum Gasteiger partial charge on any atom is -0.465 e. The second-order valence-corrected chi connectivity index (χ2v) is 6.36. The molecule has 1 aromatic heterocycles. The van der Waals surface area contributed by atoms with Crippen molar-refractivity contribution in [2.24, 2.45) is 5.16 Å². The number of nitrogens with zero attached hydrogens (tertiary/aromatic N) is 2. The molecule has 1 aliphatic rings. The van der Waals surface area contributed by atoms with Crippen LogP contribution < -0.4 is 5.32 Å². The van der Waals surface area contributed by atoms with Gasteiger partial charge in [-0.2, -0.15) is 0 Å². The molecule has 1 saturated heterocycles. The summed E-state index contributed by atoms with van der Waals surface area (Å²) in [5, 5.41) is 6.74. The van der Waals surface area contributed by atoms with Crippen molar-refractivity contribution in [3.05, 3.63) is 59.0 Å². The first-order valence-electron chi connectivity index (χ1n) is 9.00. The van der Waals surface area contributed by atoms with Crippen LogP contribution in [0.4, 0.5) is 0 Å². The van der Waals surface area contributed by atoms with Gasteiger partial charge in [-0.3, -0.25) is 9.69 Å². The Bertz CT molecular complexity index is 764. The van der Waals surface area contributed by atoms with Gasteiger partial charge in [0.05, 0.1) is 25.5 Å². The van der Waals surface area contributed by atoms with E-state index >= 15 is 0 Å². The van der Waals surface area contributed by atoms with Crippen LogP contribution in [0.5, 0.6) is 0 Å². The lowest BCUT2D eigenvalue weighted by Crippen LogP contribution is -2.43. The van der Waals surface area contributed by atoms with E-state index in [1.54, 1.807) is 18.3 Å². The molecule has 2 heterocycles. The van der Waals surface area contributed by atoms with E-state index in [-0.39, 0.29) is 11.9 Å². The smallest absolute Gasteiger partial charge is 0.251 e. The Kier molecular flexibility index (Phi) is 6.62. The maximum atomic E-state index is 12.6. The van der Waals surface area contributed by atoms with Gasteiger partial charge in [0.15, 0.2) is 0 Å². The Hall–Kier alpha value is -2.64. The monoisotopic (exact) mass is 371 g/mol. The number of morpholine rings is 1. The first-order chi connectivity index (χ1) is 13.2. The lowest BCUT2D eigenvalue weighted by Gasteiger charge is -2.33. The maximum absolute atomic E-state index is 12.6. The molecule has 0 aliphatic carbocycles. The van der Waals surface area contributed by atoms with Crippen molar-refractivity contribution in [1.29, 1.82) is 0 Å².